The highest BCUT2D eigenvalue weighted by atomic mass is 16.5. The van der Waals surface area contributed by atoms with E-state index in [9.17, 15) is 4.79 Å². The largest absolute Gasteiger partial charge is 0.494 e. The molecular weight excluding hydrogens is 354 g/mol. The van der Waals surface area contributed by atoms with Crippen molar-refractivity contribution in [3.63, 3.8) is 0 Å². The molecule has 0 spiro atoms. The maximum atomic E-state index is 12.1. The molecule has 7 heteroatoms. The molecule has 1 aliphatic heterocycles. The second-order valence-electron chi connectivity index (χ2n) is 7.93. The van der Waals surface area contributed by atoms with Gasteiger partial charge < -0.3 is 21.5 Å². The predicted molar refractivity (Wildman–Crippen MR) is 109 cm³/mol. The number of nitrogen functional groups attached to an aromatic ring is 1. The number of primary amides is 1. The molecule has 2 heterocycles. The Morgan fingerprint density at radius 1 is 1.29 bits per heavy atom. The van der Waals surface area contributed by atoms with E-state index in [0.29, 0.717) is 29.6 Å². The average molecular weight is 383 g/mol. The third kappa shape index (κ3) is 3.46. The predicted octanol–water partition coefficient (Wildman–Crippen LogP) is 2.58. The Labute approximate surface area is 165 Å². The maximum Gasteiger partial charge on any atom is 0.254 e. The summed E-state index contributed by atoms with van der Waals surface area (Å²) in [5, 5.41) is 8.15. The van der Waals surface area contributed by atoms with Crippen molar-refractivity contribution in [3.05, 3.63) is 29.8 Å². The average Bonchev–Trinajstić information content (AvgIpc) is 3.28. The van der Waals surface area contributed by atoms with Crippen LogP contribution in [0.4, 0.5) is 5.82 Å². The smallest absolute Gasteiger partial charge is 0.254 e. The molecule has 1 atom stereocenters. The summed E-state index contributed by atoms with van der Waals surface area (Å²) in [5.74, 6) is 2.09. The van der Waals surface area contributed by atoms with Crippen molar-refractivity contribution in [2.75, 3.05) is 25.4 Å². The van der Waals surface area contributed by atoms with Crippen molar-refractivity contribution in [1.29, 1.82) is 0 Å². The maximum absolute atomic E-state index is 12.1. The molecule has 5 N–H and O–H groups in total. The van der Waals surface area contributed by atoms with Crippen molar-refractivity contribution in [2.45, 2.75) is 38.6 Å². The summed E-state index contributed by atoms with van der Waals surface area (Å²) in [5.41, 5.74) is 13.6. The number of hydrogen-bond acceptors (Lipinski definition) is 5. The first kappa shape index (κ1) is 18.8. The van der Waals surface area contributed by atoms with Gasteiger partial charge in [0, 0.05) is 5.56 Å². The van der Waals surface area contributed by atoms with Crippen LogP contribution < -0.4 is 21.5 Å². The number of nitrogens with one attached hydrogen (secondary N) is 1. The van der Waals surface area contributed by atoms with Gasteiger partial charge in [-0.2, -0.15) is 5.10 Å². The molecule has 2 aromatic rings. The summed E-state index contributed by atoms with van der Waals surface area (Å²) in [6, 6.07) is 7.81. The van der Waals surface area contributed by atoms with E-state index in [1.54, 1.807) is 0 Å². The lowest BCUT2D eigenvalue weighted by Gasteiger charge is -2.39. The van der Waals surface area contributed by atoms with Crippen LogP contribution in [0.5, 0.6) is 5.75 Å². The zero-order valence-electron chi connectivity index (χ0n) is 16.4. The van der Waals surface area contributed by atoms with Gasteiger partial charge in [0.2, 0.25) is 0 Å². The lowest BCUT2D eigenvalue weighted by molar-refractivity contribution is 0.100. The quantitative estimate of drug-likeness (QED) is 0.681. The number of rotatable bonds is 7. The van der Waals surface area contributed by atoms with Crippen LogP contribution in [0.2, 0.25) is 0 Å². The van der Waals surface area contributed by atoms with E-state index in [1.807, 2.05) is 28.9 Å². The number of carbonyl (C=O) groups is 1. The number of hydrogen-bond donors (Lipinski definition) is 3. The van der Waals surface area contributed by atoms with Gasteiger partial charge in [0.15, 0.2) is 0 Å². The van der Waals surface area contributed by atoms with E-state index in [2.05, 4.69) is 12.2 Å². The van der Waals surface area contributed by atoms with Crippen LogP contribution >= 0.6 is 0 Å². The summed E-state index contributed by atoms with van der Waals surface area (Å²) in [7, 11) is 0. The van der Waals surface area contributed by atoms with Gasteiger partial charge >= 0.3 is 0 Å². The SMILES string of the molecule is CCCOc1ccc(-c2nn(C3CC(C4CCNC4)C3)c(N)c2C(N)=O)cc1. The highest BCUT2D eigenvalue weighted by molar-refractivity contribution is 6.03. The molecule has 1 aliphatic carbocycles. The lowest BCUT2D eigenvalue weighted by Crippen LogP contribution is -2.34. The van der Waals surface area contributed by atoms with E-state index in [4.69, 9.17) is 21.3 Å². The second kappa shape index (κ2) is 7.83. The molecule has 1 unspecified atom stereocenters. The Morgan fingerprint density at radius 2 is 2.04 bits per heavy atom. The number of nitrogens with two attached hydrogens (primary N) is 2. The van der Waals surface area contributed by atoms with Crippen LogP contribution in [0.3, 0.4) is 0 Å². The number of anilines is 1. The summed E-state index contributed by atoms with van der Waals surface area (Å²) in [6.07, 6.45) is 4.31. The number of ether oxygens (including phenoxy) is 1. The molecule has 1 saturated carbocycles. The van der Waals surface area contributed by atoms with Crippen molar-refractivity contribution < 1.29 is 9.53 Å². The van der Waals surface area contributed by atoms with Crippen LogP contribution in [-0.2, 0) is 0 Å². The Kier molecular flexibility index (Phi) is 5.26. The molecule has 2 fully saturated rings. The van der Waals surface area contributed by atoms with E-state index in [-0.39, 0.29) is 6.04 Å². The number of benzene rings is 1. The molecule has 1 aromatic heterocycles. The molecule has 4 rings (SSSR count). The summed E-state index contributed by atoms with van der Waals surface area (Å²) < 4.78 is 7.45. The van der Waals surface area contributed by atoms with E-state index >= 15 is 0 Å². The first-order valence-electron chi connectivity index (χ1n) is 10.2. The van der Waals surface area contributed by atoms with E-state index in [0.717, 1.165) is 49.6 Å². The number of aromatic nitrogens is 2. The minimum atomic E-state index is -0.541. The summed E-state index contributed by atoms with van der Waals surface area (Å²) >= 11 is 0. The van der Waals surface area contributed by atoms with Gasteiger partial charge in [0.1, 0.15) is 22.8 Å². The van der Waals surface area contributed by atoms with Gasteiger partial charge in [-0.3, -0.25) is 4.79 Å². The molecule has 150 valence electrons. The second-order valence-corrected chi connectivity index (χ2v) is 7.93. The minimum Gasteiger partial charge on any atom is -0.494 e. The fraction of sp³-hybridized carbons (Fsp3) is 0.524. The summed E-state index contributed by atoms with van der Waals surface area (Å²) in [4.78, 5) is 12.1. The Balaban J connectivity index is 1.56. The standard InChI is InChI=1S/C21H29N5O2/c1-2-9-28-17-5-3-13(4-6-17)19-18(21(23)27)20(22)26(25-19)16-10-15(11-16)14-7-8-24-12-14/h3-6,14-16,24H,2,7-12,22H2,1H3,(H2,23,27). The van der Waals surface area contributed by atoms with Crippen molar-refractivity contribution in [1.82, 2.24) is 15.1 Å². The van der Waals surface area contributed by atoms with E-state index < -0.39 is 5.91 Å². The fourth-order valence-electron chi connectivity index (χ4n) is 4.39. The molecule has 2 aliphatic rings. The normalized spacial score (nSPS) is 24.1. The molecule has 0 radical (unpaired) electrons. The van der Waals surface area contributed by atoms with Crippen LogP contribution in [0.15, 0.2) is 24.3 Å². The Bertz CT molecular complexity index is 833. The first-order chi connectivity index (χ1) is 13.6. The Hall–Kier alpha value is -2.54. The monoisotopic (exact) mass is 383 g/mol. The molecule has 28 heavy (non-hydrogen) atoms. The summed E-state index contributed by atoms with van der Waals surface area (Å²) in [6.45, 7) is 4.96. The lowest BCUT2D eigenvalue weighted by atomic mass is 9.72. The highest BCUT2D eigenvalue weighted by Crippen LogP contribution is 2.45. The van der Waals surface area contributed by atoms with Crippen LogP contribution in [0.1, 0.15) is 49.0 Å². The van der Waals surface area contributed by atoms with Crippen LogP contribution in [0, 0.1) is 11.8 Å². The van der Waals surface area contributed by atoms with Crippen molar-refractivity contribution in [2.24, 2.45) is 17.6 Å². The van der Waals surface area contributed by atoms with Gasteiger partial charge in [0.25, 0.3) is 5.91 Å². The van der Waals surface area contributed by atoms with Gasteiger partial charge in [-0.15, -0.1) is 0 Å². The molecular formula is C21H29N5O2. The van der Waals surface area contributed by atoms with Gasteiger partial charge in [-0.25, -0.2) is 4.68 Å². The number of nitrogens with zero attached hydrogens (tertiary/aromatic N) is 2. The topological polar surface area (TPSA) is 108 Å². The minimum absolute atomic E-state index is 0.240. The molecule has 7 nitrogen and oxygen atoms in total. The van der Waals surface area contributed by atoms with Crippen LogP contribution in [-0.4, -0.2) is 35.4 Å². The van der Waals surface area contributed by atoms with Crippen LogP contribution in [0.25, 0.3) is 11.3 Å². The van der Waals surface area contributed by atoms with Gasteiger partial charge in [0.05, 0.1) is 12.6 Å². The van der Waals surface area contributed by atoms with Crippen molar-refractivity contribution >= 4 is 11.7 Å². The molecule has 1 saturated heterocycles. The fourth-order valence-corrected chi connectivity index (χ4v) is 4.39. The van der Waals surface area contributed by atoms with E-state index in [1.165, 1.54) is 6.42 Å². The molecule has 1 amide bonds. The first-order valence-corrected chi connectivity index (χ1v) is 10.2. The third-order valence-corrected chi connectivity index (χ3v) is 6.06. The highest BCUT2D eigenvalue weighted by Gasteiger charge is 2.39. The van der Waals surface area contributed by atoms with Gasteiger partial charge in [-0.05, 0) is 74.9 Å². The Morgan fingerprint density at radius 3 is 2.64 bits per heavy atom. The number of carbonyl (C=O) groups excluding carboxylic acids is 1. The molecule has 1 aromatic carbocycles. The van der Waals surface area contributed by atoms with Gasteiger partial charge in [-0.1, -0.05) is 6.92 Å². The zero-order chi connectivity index (χ0) is 19.7. The number of amides is 1. The van der Waals surface area contributed by atoms with Crippen molar-refractivity contribution in [3.8, 4) is 17.0 Å². The zero-order valence-corrected chi connectivity index (χ0v) is 16.4. The molecule has 0 bridgehead atoms. The third-order valence-electron chi connectivity index (χ3n) is 6.06.